The molecule has 2 bridgehead atoms. The largest absolute Gasteiger partial charge is 0.482 e. The van der Waals surface area contributed by atoms with Crippen molar-refractivity contribution in [2.75, 3.05) is 25.0 Å². The van der Waals surface area contributed by atoms with E-state index in [1.54, 1.807) is 55.9 Å². The second kappa shape index (κ2) is 41.8. The van der Waals surface area contributed by atoms with Crippen LogP contribution in [0.15, 0.2) is 58.0 Å². The quantitative estimate of drug-likeness (QED) is 0.0348. The second-order valence-corrected chi connectivity index (χ2v) is 19.0. The summed E-state index contributed by atoms with van der Waals surface area (Å²) in [6.07, 6.45) is 9.37. The van der Waals surface area contributed by atoms with Crippen molar-refractivity contribution in [3.8, 4) is 0 Å². The fraction of sp³-hybridized carbons (Fsp3) is 0.635. The third kappa shape index (κ3) is 27.9. The van der Waals surface area contributed by atoms with Crippen LogP contribution in [0.4, 0.5) is 4.39 Å². The van der Waals surface area contributed by atoms with Gasteiger partial charge in [-0.25, -0.2) is 51.9 Å². The van der Waals surface area contributed by atoms with Gasteiger partial charge in [0.1, 0.15) is 23.3 Å². The van der Waals surface area contributed by atoms with Gasteiger partial charge >= 0.3 is 46.1 Å². The number of aryl methyl sites for hydroxylation is 3. The molecule has 2 saturated heterocycles. The first kappa shape index (κ1) is 76.9. The van der Waals surface area contributed by atoms with Crippen molar-refractivity contribution in [1.82, 2.24) is 47.7 Å². The highest BCUT2D eigenvalue weighted by molar-refractivity contribution is 9.09. The number of nitrogens with one attached hydrogen (secondary N) is 2. The molecule has 2 fully saturated rings. The lowest BCUT2D eigenvalue weighted by atomic mass is 9.99. The lowest BCUT2D eigenvalue weighted by molar-refractivity contribution is -0.159. The van der Waals surface area contributed by atoms with Crippen molar-refractivity contribution < 1.29 is 33.7 Å². The van der Waals surface area contributed by atoms with Gasteiger partial charge in [-0.1, -0.05) is 61.8 Å². The molecule has 2 unspecified atom stereocenters. The Balaban J connectivity index is 0. The smallest absolute Gasteiger partial charge is 0.414 e. The number of halogens is 4. The fourth-order valence-corrected chi connectivity index (χ4v) is 8.56. The van der Waals surface area contributed by atoms with Crippen molar-refractivity contribution in [3.05, 3.63) is 116 Å². The number of aromatic nitrogens is 9. The molecule has 0 aliphatic carbocycles. The minimum atomic E-state index is -1.82. The van der Waals surface area contributed by atoms with Gasteiger partial charge in [0.15, 0.2) is 5.90 Å². The molecule has 1 aromatic carbocycles. The summed E-state index contributed by atoms with van der Waals surface area (Å²) in [6.45, 7) is 23.5. The van der Waals surface area contributed by atoms with E-state index in [-0.39, 0.29) is 59.7 Å². The summed E-state index contributed by atoms with van der Waals surface area (Å²) in [6, 6.07) is 7.66. The number of hydrogen-bond acceptors (Lipinski definition) is 16. The molecule has 0 amide bonds. The van der Waals surface area contributed by atoms with Gasteiger partial charge in [0.05, 0.1) is 25.2 Å². The number of aliphatic imine (C=N–C) groups is 1. The molecule has 0 spiro atoms. The van der Waals surface area contributed by atoms with Gasteiger partial charge < -0.3 is 25.4 Å². The maximum absolute atomic E-state index is 13.9. The molecule has 0 saturated carbocycles. The van der Waals surface area contributed by atoms with Gasteiger partial charge in [-0.05, 0) is 105 Å². The Hall–Kier alpha value is -6.16. The van der Waals surface area contributed by atoms with Crippen LogP contribution in [0, 0.1) is 32.0 Å². The molecule has 2 atom stereocenters. The number of aromatic amines is 1. The van der Waals surface area contributed by atoms with E-state index in [1.165, 1.54) is 19.8 Å². The molecule has 81 heavy (non-hydrogen) atoms. The molecule has 2 aliphatic rings. The number of carbonyl (C=O) groups is 2. The average molecular weight is 1250 g/mol. The molecule has 0 radical (unpaired) electrons. The van der Waals surface area contributed by atoms with Gasteiger partial charge in [-0.15, -0.1) is 24.8 Å². The van der Waals surface area contributed by atoms with Gasteiger partial charge in [0, 0.05) is 75.7 Å². The number of nitrogens with zero attached hydrogens (tertiary/aromatic N) is 10. The number of piperidine rings is 1. The molecule has 458 valence electrons. The topological polar surface area (TPSA) is 340 Å². The maximum Gasteiger partial charge on any atom is 0.414 e. The zero-order valence-electron chi connectivity index (χ0n) is 48.3. The molecule has 6 rings (SSSR count). The lowest BCUT2D eigenvalue weighted by Crippen LogP contribution is -2.47. The second-order valence-electron chi connectivity index (χ2n) is 18.2. The fourth-order valence-electron chi connectivity index (χ4n) is 8.31. The zero-order valence-corrected chi connectivity index (χ0v) is 51.5. The summed E-state index contributed by atoms with van der Waals surface area (Å²) in [5.41, 5.74) is 3.46. The van der Waals surface area contributed by atoms with Crippen LogP contribution < -0.4 is 39.9 Å². The number of alkyl halides is 1. The molecule has 25 nitrogen and oxygen atoms in total. The van der Waals surface area contributed by atoms with E-state index in [1.807, 2.05) is 33.8 Å². The van der Waals surface area contributed by atoms with Crippen molar-refractivity contribution in [2.24, 2.45) is 10.7 Å². The van der Waals surface area contributed by atoms with Gasteiger partial charge in [0.2, 0.25) is 0 Å². The third-order valence-electron chi connectivity index (χ3n) is 11.9. The van der Waals surface area contributed by atoms with Crippen LogP contribution in [0.3, 0.4) is 0 Å². The molecule has 3 aromatic heterocycles. The Morgan fingerprint density at radius 2 is 1.20 bits per heavy atom. The van der Waals surface area contributed by atoms with Crippen molar-refractivity contribution >= 4 is 64.4 Å². The number of amidine groups is 1. The number of carboxylic acid groups (broad SMARTS) is 2. The SMILES string of the molecule is CCCN=C(C)N.CCCn1c(C)nc(=O)[nH]c1=O.CCCn1c(C)nc(=O)n(CCCBr)c1=O.CCCn1c(C)nc(=O)n(CCCN2C3CCC2CC(OCc2ccccc2F)C3)c1=O.CCOC(C)=N.Cl.Cl.O=C(O)C(=O)O. The zero-order chi connectivity index (χ0) is 59.8. The first-order valence-corrected chi connectivity index (χ1v) is 27.7. The first-order valence-electron chi connectivity index (χ1n) is 26.5. The minimum absolute atomic E-state index is 0. The van der Waals surface area contributed by atoms with Crippen molar-refractivity contribution in [3.63, 3.8) is 0 Å². The monoisotopic (exact) mass is 1250 g/mol. The van der Waals surface area contributed by atoms with Crippen molar-refractivity contribution in [1.29, 1.82) is 5.41 Å². The number of aliphatic carboxylic acids is 2. The molecular formula is C52H85BrCl2FN13O12. The van der Waals surface area contributed by atoms with E-state index in [4.69, 9.17) is 35.7 Å². The predicted octanol–water partition coefficient (Wildman–Crippen LogP) is 5.22. The Morgan fingerprint density at radius 3 is 1.58 bits per heavy atom. The van der Waals surface area contributed by atoms with E-state index < -0.39 is 29.0 Å². The number of carboxylic acids is 2. The maximum atomic E-state index is 13.9. The number of benzene rings is 1. The van der Waals surface area contributed by atoms with Crippen LogP contribution in [-0.4, -0.2) is 125 Å². The van der Waals surface area contributed by atoms with Crippen LogP contribution in [-0.2, 0) is 58.4 Å². The summed E-state index contributed by atoms with van der Waals surface area (Å²) in [5, 5.41) is 22.2. The van der Waals surface area contributed by atoms with Crippen LogP contribution in [0.25, 0.3) is 0 Å². The molecule has 2 aliphatic heterocycles. The number of rotatable bonds is 19. The summed E-state index contributed by atoms with van der Waals surface area (Å²) in [5.74, 6) is -1.46. The lowest BCUT2D eigenvalue weighted by Gasteiger charge is -2.39. The van der Waals surface area contributed by atoms with E-state index >= 15 is 0 Å². The number of H-pyrrole nitrogens is 1. The molecule has 5 heterocycles. The Kier molecular flexibility index (Phi) is 39.7. The summed E-state index contributed by atoms with van der Waals surface area (Å²) >= 11 is 3.28. The Bertz CT molecular complexity index is 2920. The average Bonchev–Trinajstić information content (AvgIpc) is 3.80. The highest BCUT2D eigenvalue weighted by atomic mass is 79.9. The Morgan fingerprint density at radius 1 is 0.728 bits per heavy atom. The third-order valence-corrected chi connectivity index (χ3v) is 12.4. The number of fused-ring (bicyclic) bond motifs is 2. The highest BCUT2D eigenvalue weighted by Gasteiger charge is 2.40. The normalized spacial score (nSPS) is 14.9. The van der Waals surface area contributed by atoms with Crippen LogP contribution in [0.5, 0.6) is 0 Å². The minimum Gasteiger partial charge on any atom is -0.482 e. The predicted molar refractivity (Wildman–Crippen MR) is 318 cm³/mol. The number of nitrogens with two attached hydrogens (primary N) is 1. The Labute approximate surface area is 491 Å². The van der Waals surface area contributed by atoms with Gasteiger partial charge in [0.25, 0.3) is 0 Å². The van der Waals surface area contributed by atoms with E-state index in [0.717, 1.165) is 82.6 Å². The van der Waals surface area contributed by atoms with Crippen LogP contribution in [0.2, 0.25) is 0 Å². The van der Waals surface area contributed by atoms with E-state index in [9.17, 15) is 33.2 Å². The number of hydrogen-bond donors (Lipinski definition) is 5. The molecule has 4 aromatic rings. The molecule has 29 heteroatoms. The molecular weight excluding hydrogens is 1170 g/mol. The molecule has 6 N–H and O–H groups in total. The summed E-state index contributed by atoms with van der Waals surface area (Å²) < 4.78 is 31.6. The first-order chi connectivity index (χ1) is 37.4. The van der Waals surface area contributed by atoms with Gasteiger partial charge in [-0.2, -0.15) is 15.0 Å². The highest BCUT2D eigenvalue weighted by Crippen LogP contribution is 2.37. The number of ether oxygens (including phenoxy) is 2. The standard InChI is InChI=1S/C24H33FN4O3.C10H16BrN3O2.C7H11N3O2.C5H12N2.C4H9NO.C2H2O4.2ClH/c1-3-11-27-17(2)26-23(30)29(24(27)31)13-6-12-28-19-9-10-20(28)15-21(14-19)32-16-18-7-4-5-8-22(18)25;1-3-6-13-8(2)12-9(15)14(10(13)16)7-4-5-11;1-3-4-10-5(2)8-6(11)9-7(10)12;1-3-4-7-5(2)6;1-3-6-4(2)5;3-1(4)2(5)6;;/h4-5,7-8,19-21H,3,6,9-16H2,1-2H3;3-7H2,1-2H3;3-4H2,1-2H3,(H,9,11,12);3-4H2,1-2H3,(H2,6,7);5H,3H2,1-2H3;(H,3,4)(H,5,6);2*1H. The summed E-state index contributed by atoms with van der Waals surface area (Å²) in [4.78, 5) is 109. The van der Waals surface area contributed by atoms with Crippen LogP contribution >= 0.6 is 40.7 Å². The summed E-state index contributed by atoms with van der Waals surface area (Å²) in [7, 11) is 0. The van der Waals surface area contributed by atoms with E-state index in [0.29, 0.717) is 86.9 Å². The van der Waals surface area contributed by atoms with Gasteiger partial charge in [-0.3, -0.25) is 34.0 Å². The van der Waals surface area contributed by atoms with Crippen molar-refractivity contribution in [2.45, 2.75) is 191 Å². The van der Waals surface area contributed by atoms with Crippen LogP contribution in [0.1, 0.15) is 136 Å². The van der Waals surface area contributed by atoms with E-state index in [2.05, 4.69) is 57.4 Å².